The van der Waals surface area contributed by atoms with Crippen molar-refractivity contribution in [2.24, 2.45) is 0 Å². The zero-order valence-electron chi connectivity index (χ0n) is 10.5. The molecule has 0 unspecified atom stereocenters. The highest BCUT2D eigenvalue weighted by atomic mass is 16.5. The molecule has 0 aromatic heterocycles. The molecule has 0 spiro atoms. The molecule has 0 fully saturated rings. The van der Waals surface area contributed by atoms with Crippen LogP contribution in [-0.2, 0) is 6.42 Å². The van der Waals surface area contributed by atoms with Crippen LogP contribution in [0.25, 0.3) is 0 Å². The lowest BCUT2D eigenvalue weighted by Gasteiger charge is -2.22. The Morgan fingerprint density at radius 2 is 2.00 bits per heavy atom. The van der Waals surface area contributed by atoms with E-state index in [2.05, 4.69) is 5.32 Å². The lowest BCUT2D eigenvalue weighted by Crippen LogP contribution is -2.23. The van der Waals surface area contributed by atoms with E-state index >= 15 is 0 Å². The highest BCUT2D eigenvalue weighted by molar-refractivity contribution is 5.42. The smallest absolute Gasteiger partial charge is 0.161 e. The fourth-order valence-corrected chi connectivity index (χ4v) is 1.40. The predicted molar refractivity (Wildman–Crippen MR) is 66.1 cm³/mol. The molecule has 0 saturated carbocycles. The van der Waals surface area contributed by atoms with Crippen LogP contribution in [0.4, 0.5) is 0 Å². The van der Waals surface area contributed by atoms with Gasteiger partial charge in [0.2, 0.25) is 0 Å². The van der Waals surface area contributed by atoms with E-state index in [1.165, 1.54) is 0 Å². The Labute approximate surface area is 97.4 Å². The molecular formula is C13H21NO2. The minimum Gasteiger partial charge on any atom is -0.504 e. The number of phenols is 1. The lowest BCUT2D eigenvalue weighted by molar-refractivity contribution is 0.126. The van der Waals surface area contributed by atoms with Crippen molar-refractivity contribution >= 4 is 0 Å². The molecule has 0 saturated heterocycles. The van der Waals surface area contributed by atoms with Crippen LogP contribution in [0.2, 0.25) is 0 Å². The molecule has 2 N–H and O–H groups in total. The summed E-state index contributed by atoms with van der Waals surface area (Å²) in [5.74, 6) is 0.754. The van der Waals surface area contributed by atoms with Crippen molar-refractivity contribution in [3.63, 3.8) is 0 Å². The van der Waals surface area contributed by atoms with Crippen LogP contribution in [-0.4, -0.2) is 24.3 Å². The Kier molecular flexibility index (Phi) is 4.19. The molecule has 3 nitrogen and oxygen atoms in total. The minimum atomic E-state index is -0.288. The van der Waals surface area contributed by atoms with Gasteiger partial charge < -0.3 is 15.2 Å². The summed E-state index contributed by atoms with van der Waals surface area (Å²) in [7, 11) is 1.91. The van der Waals surface area contributed by atoms with Crippen LogP contribution in [0.5, 0.6) is 11.5 Å². The molecule has 16 heavy (non-hydrogen) atoms. The summed E-state index contributed by atoms with van der Waals surface area (Å²) in [6, 6.07) is 5.57. The highest BCUT2D eigenvalue weighted by Crippen LogP contribution is 2.29. The molecule has 0 bridgehead atoms. The van der Waals surface area contributed by atoms with Crippen LogP contribution in [0.1, 0.15) is 26.3 Å². The van der Waals surface area contributed by atoms with Gasteiger partial charge in [0.15, 0.2) is 11.5 Å². The topological polar surface area (TPSA) is 41.5 Å². The zero-order chi connectivity index (χ0) is 12.2. The van der Waals surface area contributed by atoms with E-state index < -0.39 is 0 Å². The molecule has 0 radical (unpaired) electrons. The van der Waals surface area contributed by atoms with Gasteiger partial charge in [-0.25, -0.2) is 0 Å². The van der Waals surface area contributed by atoms with E-state index in [9.17, 15) is 5.11 Å². The van der Waals surface area contributed by atoms with E-state index in [4.69, 9.17) is 4.74 Å². The van der Waals surface area contributed by atoms with Gasteiger partial charge in [-0.3, -0.25) is 0 Å². The molecule has 0 heterocycles. The number of aromatic hydroxyl groups is 1. The van der Waals surface area contributed by atoms with Crippen molar-refractivity contribution in [1.82, 2.24) is 5.32 Å². The van der Waals surface area contributed by atoms with Gasteiger partial charge in [-0.05, 0) is 58.5 Å². The summed E-state index contributed by atoms with van der Waals surface area (Å²) in [6.45, 7) is 6.78. The maximum Gasteiger partial charge on any atom is 0.161 e. The summed E-state index contributed by atoms with van der Waals surface area (Å²) >= 11 is 0. The standard InChI is InChI=1S/C13H21NO2/c1-13(2,3)16-12-6-5-10(7-8-14-4)9-11(12)15/h5-6,9,14-15H,7-8H2,1-4H3. The summed E-state index contributed by atoms with van der Waals surface area (Å²) < 4.78 is 5.63. The van der Waals surface area contributed by atoms with Crippen LogP contribution in [0, 0.1) is 0 Å². The van der Waals surface area contributed by atoms with Crippen LogP contribution >= 0.6 is 0 Å². The molecule has 1 aromatic rings. The average Bonchev–Trinajstić information content (AvgIpc) is 2.17. The fourth-order valence-electron chi connectivity index (χ4n) is 1.40. The fraction of sp³-hybridized carbons (Fsp3) is 0.538. The van der Waals surface area contributed by atoms with Gasteiger partial charge in [-0.1, -0.05) is 6.07 Å². The Morgan fingerprint density at radius 3 is 2.50 bits per heavy atom. The van der Waals surface area contributed by atoms with Gasteiger partial charge in [0.05, 0.1) is 0 Å². The third kappa shape index (κ3) is 4.11. The number of rotatable bonds is 4. The third-order valence-electron chi connectivity index (χ3n) is 2.10. The monoisotopic (exact) mass is 223 g/mol. The molecule has 0 amide bonds. The quantitative estimate of drug-likeness (QED) is 0.823. The van der Waals surface area contributed by atoms with Crippen LogP contribution in [0.3, 0.4) is 0 Å². The van der Waals surface area contributed by atoms with Gasteiger partial charge in [-0.2, -0.15) is 0 Å². The average molecular weight is 223 g/mol. The summed E-state index contributed by atoms with van der Waals surface area (Å²) in [5, 5.41) is 12.9. The number of phenolic OH excluding ortho intramolecular Hbond substituents is 1. The van der Waals surface area contributed by atoms with Crippen molar-refractivity contribution in [3.05, 3.63) is 23.8 Å². The number of ether oxygens (including phenoxy) is 1. The van der Waals surface area contributed by atoms with Gasteiger partial charge in [-0.15, -0.1) is 0 Å². The van der Waals surface area contributed by atoms with E-state index in [-0.39, 0.29) is 11.4 Å². The highest BCUT2D eigenvalue weighted by Gasteiger charge is 2.14. The molecule has 0 aliphatic heterocycles. The van der Waals surface area contributed by atoms with E-state index in [1.54, 1.807) is 6.07 Å². The predicted octanol–water partition coefficient (Wildman–Crippen LogP) is 2.33. The molecule has 1 aromatic carbocycles. The third-order valence-corrected chi connectivity index (χ3v) is 2.10. The molecule has 3 heteroatoms. The Morgan fingerprint density at radius 1 is 1.31 bits per heavy atom. The largest absolute Gasteiger partial charge is 0.504 e. The zero-order valence-corrected chi connectivity index (χ0v) is 10.5. The Bertz CT molecular complexity index is 342. The van der Waals surface area contributed by atoms with Crippen molar-refractivity contribution in [2.45, 2.75) is 32.8 Å². The van der Waals surface area contributed by atoms with Crippen molar-refractivity contribution < 1.29 is 9.84 Å². The SMILES string of the molecule is CNCCc1ccc(OC(C)(C)C)c(O)c1. The first kappa shape index (κ1) is 12.8. The van der Waals surface area contributed by atoms with Gasteiger partial charge >= 0.3 is 0 Å². The van der Waals surface area contributed by atoms with Crippen molar-refractivity contribution in [2.75, 3.05) is 13.6 Å². The van der Waals surface area contributed by atoms with Crippen molar-refractivity contribution in [1.29, 1.82) is 0 Å². The number of hydrogen-bond acceptors (Lipinski definition) is 3. The molecule has 0 aliphatic rings. The number of likely N-dealkylation sites (N-methyl/N-ethyl adjacent to an activating group) is 1. The van der Waals surface area contributed by atoms with E-state index in [0.717, 1.165) is 18.5 Å². The molecule has 1 rings (SSSR count). The van der Waals surface area contributed by atoms with Crippen LogP contribution < -0.4 is 10.1 Å². The second-order valence-electron chi connectivity index (χ2n) is 4.87. The summed E-state index contributed by atoms with van der Waals surface area (Å²) in [4.78, 5) is 0. The second-order valence-corrected chi connectivity index (χ2v) is 4.87. The normalized spacial score (nSPS) is 11.5. The first-order chi connectivity index (χ1) is 7.42. The first-order valence-corrected chi connectivity index (χ1v) is 5.58. The number of nitrogens with one attached hydrogen (secondary N) is 1. The lowest BCUT2D eigenvalue weighted by atomic mass is 10.1. The van der Waals surface area contributed by atoms with Crippen molar-refractivity contribution in [3.8, 4) is 11.5 Å². The Hall–Kier alpha value is -1.22. The summed E-state index contributed by atoms with van der Waals surface area (Å²) in [6.07, 6.45) is 0.903. The second kappa shape index (κ2) is 5.21. The maximum absolute atomic E-state index is 9.81. The molecule has 0 aliphatic carbocycles. The Balaban J connectivity index is 2.75. The molecule has 90 valence electrons. The minimum absolute atomic E-state index is 0.212. The van der Waals surface area contributed by atoms with Gasteiger partial charge in [0.1, 0.15) is 5.60 Å². The first-order valence-electron chi connectivity index (χ1n) is 5.58. The van der Waals surface area contributed by atoms with E-state index in [0.29, 0.717) is 5.75 Å². The number of hydrogen-bond donors (Lipinski definition) is 2. The number of benzene rings is 1. The van der Waals surface area contributed by atoms with Crippen LogP contribution in [0.15, 0.2) is 18.2 Å². The maximum atomic E-state index is 9.81. The molecular weight excluding hydrogens is 202 g/mol. The summed E-state index contributed by atoms with van der Waals surface area (Å²) in [5.41, 5.74) is 0.817. The van der Waals surface area contributed by atoms with Gasteiger partial charge in [0, 0.05) is 0 Å². The molecule has 0 atom stereocenters. The van der Waals surface area contributed by atoms with E-state index in [1.807, 2.05) is 40.0 Å². The van der Waals surface area contributed by atoms with Gasteiger partial charge in [0.25, 0.3) is 0 Å².